The lowest BCUT2D eigenvalue weighted by Crippen LogP contribution is -3.10. The predicted molar refractivity (Wildman–Crippen MR) is 286 cm³/mol. The fraction of sp³-hybridized carbons (Fsp3) is 0.450. The molecule has 1 spiro atoms. The number of allylic oxidation sites excluding steroid dienone is 1. The molecule has 0 bridgehead atoms. The fourth-order valence-electron chi connectivity index (χ4n) is 11.5. The van der Waals surface area contributed by atoms with E-state index in [-0.39, 0.29) is 0 Å². The Morgan fingerprint density at radius 1 is 0.551 bits per heavy atom. The quantitative estimate of drug-likeness (QED) is 0.158. The number of likely N-dealkylation sites (tertiary alicyclic amines) is 3. The molecule has 69 heavy (non-hydrogen) atoms. The molecule has 0 saturated carbocycles. The third-order valence-electron chi connectivity index (χ3n) is 16.0. The molecule has 372 valence electrons. The number of aromatic nitrogens is 1. The zero-order chi connectivity index (χ0) is 47.8. The number of rotatable bonds is 4. The second-order valence-electron chi connectivity index (χ2n) is 21.0. The van der Waals surface area contributed by atoms with Crippen molar-refractivity contribution in [1.82, 2.24) is 14.8 Å². The number of hydrogen-bond acceptors (Lipinski definition) is 3. The standard InChI is InChI=1S/C14H17N.C12H14N2.C12H18N2.C11H22N2.C11H16N2/c1-15-10-8-14(9-11-15)7-6-12-4-2-3-5-13(12)14;1-14-7-6-10-9-4-2-3-5-11(9)13-12(10)8-14;1-13-7-9-14(10-8-13)11-12-5-3-2-4-6-12;1-12-9-5-11(6-10-12)13-7-3-2-4-8-13;1-12-7-9-13(10-8-12)11-5-3-2-4-6-11/h2-7,15H,1,8-11H2;2-5,13-14H,1,6-8H2;2-6,13H,1,7-11H2;11-12H,1-10H2;2-6,12H,1,7-10H2. The Bertz CT molecular complexity index is 2250. The van der Waals surface area contributed by atoms with Crippen molar-refractivity contribution in [2.24, 2.45) is 0 Å². The van der Waals surface area contributed by atoms with Crippen molar-refractivity contribution in [1.29, 1.82) is 0 Å². The van der Waals surface area contributed by atoms with E-state index in [1.54, 1.807) is 0 Å². The highest BCUT2D eigenvalue weighted by atomic mass is 15.3. The van der Waals surface area contributed by atoms with Crippen LogP contribution in [0.15, 0.2) is 115 Å². The molecule has 12 rings (SSSR count). The van der Waals surface area contributed by atoms with Crippen LogP contribution in [0.3, 0.4) is 0 Å². The Morgan fingerprint density at radius 2 is 1.13 bits per heavy atom. The van der Waals surface area contributed by atoms with Gasteiger partial charge in [0.05, 0.1) is 84.2 Å². The summed E-state index contributed by atoms with van der Waals surface area (Å²) in [5, 5.41) is 1.40. The Morgan fingerprint density at radius 3 is 1.83 bits per heavy atom. The van der Waals surface area contributed by atoms with Crippen LogP contribution in [0, 0.1) is 35.2 Å². The fourth-order valence-corrected chi connectivity index (χ4v) is 11.5. The first kappa shape index (κ1) is 51.0. The van der Waals surface area contributed by atoms with Crippen molar-refractivity contribution in [3.05, 3.63) is 178 Å². The van der Waals surface area contributed by atoms with Gasteiger partial charge in [0.1, 0.15) is 0 Å². The normalized spacial score (nSPS) is 26.2. The number of hydrogen-bond donors (Lipinski definition) is 6. The molecule has 5 fully saturated rings. The number of aromatic amines is 1. The molecule has 0 radical (unpaired) electrons. The highest BCUT2D eigenvalue weighted by Gasteiger charge is 2.37. The molecular weight excluding hydrogens is 847 g/mol. The first-order chi connectivity index (χ1) is 33.7. The molecule has 1 aromatic heterocycles. The zero-order valence-electron chi connectivity index (χ0n) is 42.2. The van der Waals surface area contributed by atoms with E-state index in [0.717, 1.165) is 58.3 Å². The molecule has 4 aromatic carbocycles. The molecule has 1 aliphatic carbocycles. The van der Waals surface area contributed by atoms with Crippen LogP contribution in [-0.4, -0.2) is 119 Å². The third-order valence-corrected chi connectivity index (χ3v) is 16.0. The first-order valence-electron chi connectivity index (χ1n) is 26.7. The van der Waals surface area contributed by atoms with Gasteiger partial charge in [0.25, 0.3) is 0 Å². The first-order valence-corrected chi connectivity index (χ1v) is 26.7. The summed E-state index contributed by atoms with van der Waals surface area (Å²) < 4.78 is 0. The topological polar surface area (TPSA) is 47.7 Å². The van der Waals surface area contributed by atoms with Gasteiger partial charge in [0, 0.05) is 79.8 Å². The van der Waals surface area contributed by atoms with E-state index in [1.165, 1.54) is 179 Å². The Labute approximate surface area is 417 Å². The van der Waals surface area contributed by atoms with E-state index in [9.17, 15) is 0 Å². The lowest BCUT2D eigenvalue weighted by Gasteiger charge is -2.39. The zero-order valence-corrected chi connectivity index (χ0v) is 42.2. The van der Waals surface area contributed by atoms with Crippen molar-refractivity contribution in [3.63, 3.8) is 0 Å². The number of benzene rings is 4. The van der Waals surface area contributed by atoms with Gasteiger partial charge in [-0.1, -0.05) is 110 Å². The van der Waals surface area contributed by atoms with Crippen LogP contribution in [0.1, 0.15) is 72.9 Å². The van der Waals surface area contributed by atoms with Crippen molar-refractivity contribution in [3.8, 4) is 0 Å². The van der Waals surface area contributed by atoms with E-state index in [0.29, 0.717) is 5.41 Å². The molecule has 5 saturated heterocycles. The van der Waals surface area contributed by atoms with Gasteiger partial charge in [0.2, 0.25) is 0 Å². The lowest BCUT2D eigenvalue weighted by molar-refractivity contribution is -0.870. The maximum Gasteiger partial charge on any atom is 0.0942 e. The minimum absolute atomic E-state index is 0.345. The summed E-state index contributed by atoms with van der Waals surface area (Å²) in [5.74, 6) is 0. The minimum Gasteiger partial charge on any atom is -0.468 e. The molecule has 1 atom stereocenters. The average molecular weight is 934 g/mol. The van der Waals surface area contributed by atoms with E-state index in [4.69, 9.17) is 0 Å². The number of H-pyrrole nitrogens is 1. The van der Waals surface area contributed by atoms with Crippen LogP contribution in [-0.2, 0) is 24.9 Å². The van der Waals surface area contributed by atoms with Crippen LogP contribution in [0.4, 0.5) is 5.69 Å². The third kappa shape index (κ3) is 14.6. The molecule has 7 heterocycles. The van der Waals surface area contributed by atoms with E-state index >= 15 is 0 Å². The molecule has 6 aliphatic heterocycles. The number of piperidine rings is 3. The maximum absolute atomic E-state index is 4.10. The second-order valence-corrected chi connectivity index (χ2v) is 21.0. The van der Waals surface area contributed by atoms with Gasteiger partial charge in [-0.15, -0.1) is 0 Å². The van der Waals surface area contributed by atoms with E-state index in [2.05, 4.69) is 176 Å². The second kappa shape index (κ2) is 25.7. The van der Waals surface area contributed by atoms with Crippen LogP contribution >= 0.6 is 0 Å². The molecule has 6 N–H and O–H groups in total. The minimum atomic E-state index is 0.345. The van der Waals surface area contributed by atoms with Crippen LogP contribution in [0.5, 0.6) is 0 Å². The van der Waals surface area contributed by atoms with Gasteiger partial charge >= 0.3 is 0 Å². The molecule has 0 amide bonds. The Hall–Kier alpha value is -4.32. The van der Waals surface area contributed by atoms with E-state index < -0.39 is 0 Å². The summed E-state index contributed by atoms with van der Waals surface area (Å²) in [7, 11) is 20.3. The number of piperazine rings is 2. The number of fused-ring (bicyclic) bond motifs is 5. The number of nitrogens with zero attached hydrogens (tertiary/aromatic N) is 3. The highest BCUT2D eigenvalue weighted by molar-refractivity contribution is 5.84. The summed E-state index contributed by atoms with van der Waals surface area (Å²) in [4.78, 5) is 18.2. The monoisotopic (exact) mass is 934 g/mol. The van der Waals surface area contributed by atoms with Gasteiger partial charge in [-0.05, 0) is 66.4 Å². The van der Waals surface area contributed by atoms with Crippen LogP contribution in [0.25, 0.3) is 17.0 Å². The molecule has 5 aromatic rings. The van der Waals surface area contributed by atoms with E-state index in [1.807, 2.05) is 0 Å². The summed E-state index contributed by atoms with van der Waals surface area (Å²) in [6, 6.07) is 39.5. The SMILES string of the molecule is [CH2-][NH+]1CCC(N2CCCCC2)CC1.[CH2-][NH+]1CCC2(C=Cc3ccccc32)CC1.[CH2-][NH+]1CCN(Cc2ccccc2)CC1.[CH2-][NH+]1CCN(c2ccccc2)CC1.[CH2-][NH+]1CCc2c([nH]c3ccccc23)C1. The van der Waals surface area contributed by atoms with Crippen molar-refractivity contribution >= 4 is 22.7 Å². The van der Waals surface area contributed by atoms with Crippen molar-refractivity contribution in [2.75, 3.05) is 103 Å². The summed E-state index contributed by atoms with van der Waals surface area (Å²) in [6.45, 7) is 20.2. The van der Waals surface area contributed by atoms with Gasteiger partial charge in [-0.2, -0.15) is 35.2 Å². The lowest BCUT2D eigenvalue weighted by atomic mass is 9.75. The van der Waals surface area contributed by atoms with Gasteiger partial charge in [-0.3, -0.25) is 9.80 Å². The molecule has 7 aliphatic rings. The molecular formula is C60H87N9. The van der Waals surface area contributed by atoms with Crippen molar-refractivity contribution in [2.45, 2.75) is 75.9 Å². The van der Waals surface area contributed by atoms with Crippen LogP contribution < -0.4 is 29.4 Å². The van der Waals surface area contributed by atoms with Gasteiger partial charge in [-0.25, -0.2) is 0 Å². The average Bonchev–Trinajstić information content (AvgIpc) is 3.95. The maximum atomic E-state index is 4.10. The Balaban J connectivity index is 0.000000116. The number of para-hydroxylation sites is 2. The molecule has 9 nitrogen and oxygen atoms in total. The predicted octanol–water partition coefficient (Wildman–Crippen LogP) is 2.99. The number of nitrogens with one attached hydrogen (secondary N) is 6. The van der Waals surface area contributed by atoms with Crippen LogP contribution in [0.2, 0.25) is 0 Å². The smallest absolute Gasteiger partial charge is 0.0942 e. The highest BCUT2D eigenvalue weighted by Crippen LogP contribution is 2.41. The largest absolute Gasteiger partial charge is 0.468 e. The summed E-state index contributed by atoms with van der Waals surface area (Å²) in [6.07, 6.45) is 15.4. The summed E-state index contributed by atoms with van der Waals surface area (Å²) >= 11 is 0. The Kier molecular flexibility index (Phi) is 19.0. The molecule has 9 heteroatoms. The number of quaternary nitrogens is 5. The number of anilines is 1. The van der Waals surface area contributed by atoms with Gasteiger partial charge in [0.15, 0.2) is 0 Å². The summed E-state index contributed by atoms with van der Waals surface area (Å²) in [5.41, 5.74) is 10.2. The van der Waals surface area contributed by atoms with Gasteiger partial charge < -0.3 is 34.4 Å². The van der Waals surface area contributed by atoms with Crippen molar-refractivity contribution < 1.29 is 24.5 Å². The molecule has 1 unspecified atom stereocenters.